The van der Waals surface area contributed by atoms with Crippen molar-refractivity contribution in [1.29, 1.82) is 0 Å². The van der Waals surface area contributed by atoms with Crippen LogP contribution in [-0.2, 0) is 9.59 Å². The molecule has 3 N–H and O–H groups in total. The highest BCUT2D eigenvalue weighted by Crippen LogP contribution is 2.19. The summed E-state index contributed by atoms with van der Waals surface area (Å²) in [5.74, 6) is -3.78. The molecule has 7 nitrogen and oxygen atoms in total. The summed E-state index contributed by atoms with van der Waals surface area (Å²) in [4.78, 5) is 20.5. The van der Waals surface area contributed by atoms with Crippen LogP contribution in [0.5, 0.6) is 0 Å². The van der Waals surface area contributed by atoms with E-state index >= 15 is 0 Å². The van der Waals surface area contributed by atoms with Crippen LogP contribution >= 0.6 is 0 Å². The van der Waals surface area contributed by atoms with Crippen molar-refractivity contribution in [1.82, 2.24) is 0 Å². The van der Waals surface area contributed by atoms with Gasteiger partial charge in [0.05, 0.1) is 0 Å². The molecule has 0 fully saturated rings. The van der Waals surface area contributed by atoms with Crippen molar-refractivity contribution in [2.24, 2.45) is 10.2 Å². The number of aliphatic carboxylic acids is 2. The average molecular weight is 172 g/mol. The fourth-order valence-corrected chi connectivity index (χ4v) is 0.670. The Kier molecular flexibility index (Phi) is 1.78. The zero-order valence-corrected chi connectivity index (χ0v) is 5.63. The fraction of sp³-hybridized carbons (Fsp3) is 0.200. The third-order valence-electron chi connectivity index (χ3n) is 1.21. The second kappa shape index (κ2) is 2.61. The summed E-state index contributed by atoms with van der Waals surface area (Å²) in [6.07, 6.45) is 0. The van der Waals surface area contributed by atoms with Crippen molar-refractivity contribution < 1.29 is 24.9 Å². The van der Waals surface area contributed by atoms with E-state index in [2.05, 4.69) is 10.2 Å². The molecule has 0 aliphatic carbocycles. The topological polar surface area (TPSA) is 120 Å². The highest BCUT2D eigenvalue weighted by molar-refractivity contribution is 5.90. The average Bonchev–Trinajstić information content (AvgIpc) is 2.30. The minimum Gasteiger partial charge on any atom is -0.507 e. The van der Waals surface area contributed by atoms with E-state index in [0.717, 1.165) is 0 Å². The number of carbonyl (C=O) groups is 2. The largest absolute Gasteiger partial charge is 0.507 e. The summed E-state index contributed by atoms with van der Waals surface area (Å²) in [5.41, 5.74) is -0.720. The van der Waals surface area contributed by atoms with Crippen molar-refractivity contribution in [3.63, 3.8) is 0 Å². The van der Waals surface area contributed by atoms with Crippen LogP contribution in [-0.4, -0.2) is 33.3 Å². The predicted molar refractivity (Wildman–Crippen MR) is 33.6 cm³/mol. The Balaban J connectivity index is 3.00. The number of aliphatic hydroxyl groups excluding tert-OH is 1. The molecule has 0 saturated carbocycles. The molecule has 0 aromatic rings. The van der Waals surface area contributed by atoms with E-state index in [4.69, 9.17) is 15.3 Å². The monoisotopic (exact) mass is 172 g/mol. The van der Waals surface area contributed by atoms with Gasteiger partial charge >= 0.3 is 11.9 Å². The minimum absolute atomic E-state index is 0.720. The van der Waals surface area contributed by atoms with Gasteiger partial charge in [-0.3, -0.25) is 0 Å². The highest BCUT2D eigenvalue weighted by atomic mass is 16.4. The van der Waals surface area contributed by atoms with Crippen molar-refractivity contribution in [2.75, 3.05) is 0 Å². The van der Waals surface area contributed by atoms with Crippen molar-refractivity contribution in [3.05, 3.63) is 11.5 Å². The maximum atomic E-state index is 10.2. The Hall–Kier alpha value is -1.92. The van der Waals surface area contributed by atoms with E-state index in [-0.39, 0.29) is 0 Å². The van der Waals surface area contributed by atoms with Crippen LogP contribution < -0.4 is 0 Å². The van der Waals surface area contributed by atoms with Gasteiger partial charge in [0, 0.05) is 0 Å². The van der Waals surface area contributed by atoms with Gasteiger partial charge in [-0.25, -0.2) is 9.59 Å². The molecule has 1 atom stereocenters. The SMILES string of the molecule is O=C(O)C1=C(O)C(C(=O)O)N=N1. The Morgan fingerprint density at radius 1 is 1.33 bits per heavy atom. The minimum atomic E-state index is -1.57. The zero-order valence-electron chi connectivity index (χ0n) is 5.63. The van der Waals surface area contributed by atoms with Crippen LogP contribution in [0.4, 0.5) is 0 Å². The quantitative estimate of drug-likeness (QED) is 0.530. The first-order valence-corrected chi connectivity index (χ1v) is 2.84. The molecule has 0 bridgehead atoms. The fourth-order valence-electron chi connectivity index (χ4n) is 0.670. The summed E-state index contributed by atoms with van der Waals surface area (Å²) in [6.45, 7) is 0. The maximum Gasteiger partial charge on any atom is 0.360 e. The van der Waals surface area contributed by atoms with Gasteiger partial charge in [0.25, 0.3) is 0 Å². The van der Waals surface area contributed by atoms with E-state index in [1.54, 1.807) is 0 Å². The van der Waals surface area contributed by atoms with Crippen LogP contribution in [0.25, 0.3) is 0 Å². The summed E-state index contributed by atoms with van der Waals surface area (Å²) < 4.78 is 0. The van der Waals surface area contributed by atoms with E-state index < -0.39 is 29.4 Å². The molecular formula is C5H4N2O5. The van der Waals surface area contributed by atoms with Crippen LogP contribution in [0.2, 0.25) is 0 Å². The molecule has 1 unspecified atom stereocenters. The maximum absolute atomic E-state index is 10.2. The summed E-state index contributed by atoms with van der Waals surface area (Å²) in [5, 5.41) is 31.6. The van der Waals surface area contributed by atoms with Gasteiger partial charge in [0.2, 0.25) is 11.7 Å². The second-order valence-corrected chi connectivity index (χ2v) is 2.00. The van der Waals surface area contributed by atoms with Gasteiger partial charge in [0.1, 0.15) is 0 Å². The summed E-state index contributed by atoms with van der Waals surface area (Å²) >= 11 is 0. The molecule has 7 heteroatoms. The number of carboxylic acids is 2. The van der Waals surface area contributed by atoms with Gasteiger partial charge < -0.3 is 15.3 Å². The number of azo groups is 1. The second-order valence-electron chi connectivity index (χ2n) is 2.00. The van der Waals surface area contributed by atoms with Gasteiger partial charge in [-0.2, -0.15) is 5.11 Å². The van der Waals surface area contributed by atoms with Crippen molar-refractivity contribution in [2.45, 2.75) is 6.04 Å². The van der Waals surface area contributed by atoms with Gasteiger partial charge in [0.15, 0.2) is 5.76 Å². The molecule has 1 aliphatic rings. The van der Waals surface area contributed by atoms with Gasteiger partial charge in [-0.1, -0.05) is 0 Å². The number of aliphatic hydroxyl groups is 1. The summed E-state index contributed by atoms with van der Waals surface area (Å²) in [7, 11) is 0. The predicted octanol–water partition coefficient (Wildman–Crippen LogP) is -0.240. The molecule has 0 aromatic heterocycles. The Morgan fingerprint density at radius 2 is 1.92 bits per heavy atom. The number of carboxylic acid groups (broad SMARTS) is 2. The number of nitrogens with zero attached hydrogens (tertiary/aromatic N) is 2. The zero-order chi connectivity index (χ0) is 9.30. The lowest BCUT2D eigenvalue weighted by molar-refractivity contribution is -0.138. The molecular weight excluding hydrogens is 168 g/mol. The lowest BCUT2D eigenvalue weighted by Crippen LogP contribution is -2.19. The first-order chi connectivity index (χ1) is 5.54. The van der Waals surface area contributed by atoms with Crippen LogP contribution in [0, 0.1) is 0 Å². The highest BCUT2D eigenvalue weighted by Gasteiger charge is 2.32. The standard InChI is InChI=1S/C5H4N2O5/c8-3-1(4(9)10)6-7-2(3)5(11)12/h1,8H,(H,9,10)(H,11,12). The van der Waals surface area contributed by atoms with Crippen LogP contribution in [0.15, 0.2) is 21.7 Å². The number of hydrogen-bond donors (Lipinski definition) is 3. The third-order valence-corrected chi connectivity index (χ3v) is 1.21. The molecule has 0 radical (unpaired) electrons. The van der Waals surface area contributed by atoms with Crippen LogP contribution in [0.1, 0.15) is 0 Å². The van der Waals surface area contributed by atoms with E-state index in [9.17, 15) is 9.59 Å². The first kappa shape index (κ1) is 8.18. The number of rotatable bonds is 2. The van der Waals surface area contributed by atoms with E-state index in [1.165, 1.54) is 0 Å². The molecule has 64 valence electrons. The molecule has 1 heterocycles. The lowest BCUT2D eigenvalue weighted by Gasteiger charge is -1.97. The van der Waals surface area contributed by atoms with E-state index in [1.807, 2.05) is 0 Å². The molecule has 0 spiro atoms. The van der Waals surface area contributed by atoms with Crippen LogP contribution in [0.3, 0.4) is 0 Å². The molecule has 1 aliphatic heterocycles. The van der Waals surface area contributed by atoms with Gasteiger partial charge in [-0.05, 0) is 0 Å². The molecule has 1 rings (SSSR count). The first-order valence-electron chi connectivity index (χ1n) is 2.84. The third kappa shape index (κ3) is 1.11. The van der Waals surface area contributed by atoms with Crippen molar-refractivity contribution >= 4 is 11.9 Å². The molecule has 12 heavy (non-hydrogen) atoms. The Bertz CT molecular complexity index is 305. The summed E-state index contributed by atoms with van der Waals surface area (Å²) in [6, 6.07) is -1.57. The number of hydrogen-bond acceptors (Lipinski definition) is 5. The normalized spacial score (nSPS) is 21.5. The molecule has 0 aromatic carbocycles. The van der Waals surface area contributed by atoms with Gasteiger partial charge in [-0.15, -0.1) is 5.11 Å². The molecule has 0 amide bonds. The van der Waals surface area contributed by atoms with Crippen molar-refractivity contribution in [3.8, 4) is 0 Å². The smallest absolute Gasteiger partial charge is 0.360 e. The Morgan fingerprint density at radius 3 is 2.17 bits per heavy atom. The Labute approximate surface area is 65.7 Å². The van der Waals surface area contributed by atoms with E-state index in [0.29, 0.717) is 0 Å². The lowest BCUT2D eigenvalue weighted by atomic mass is 10.2. The molecule has 0 saturated heterocycles.